The fourth-order valence-electron chi connectivity index (χ4n) is 1.92. The van der Waals surface area contributed by atoms with Crippen molar-refractivity contribution in [2.75, 3.05) is 37.6 Å². The number of hydrogen-bond acceptors (Lipinski definition) is 2. The van der Waals surface area contributed by atoms with Gasteiger partial charge in [0.1, 0.15) is 5.82 Å². The van der Waals surface area contributed by atoms with Gasteiger partial charge in [-0.25, -0.2) is 4.39 Å². The van der Waals surface area contributed by atoms with Gasteiger partial charge < -0.3 is 4.90 Å². The molecule has 0 aromatic heterocycles. The van der Waals surface area contributed by atoms with Gasteiger partial charge in [-0.15, -0.1) is 0 Å². The number of rotatable bonds is 2. The first-order valence-corrected chi connectivity index (χ1v) is 5.32. The monoisotopic (exact) mass is 207 g/mol. The molecule has 0 N–H and O–H groups in total. The molecule has 0 amide bonds. The molecule has 1 fully saturated rings. The first kappa shape index (κ1) is 10.4. The van der Waals surface area contributed by atoms with Gasteiger partial charge in [0.15, 0.2) is 0 Å². The lowest BCUT2D eigenvalue weighted by Gasteiger charge is -2.35. The van der Waals surface area contributed by atoms with E-state index in [1.807, 2.05) is 12.1 Å². The third-order valence-corrected chi connectivity index (χ3v) is 2.88. The summed E-state index contributed by atoms with van der Waals surface area (Å²) in [6.45, 7) is 8.41. The Morgan fingerprint density at radius 2 is 1.80 bits per heavy atom. The Bertz CT molecular complexity index is 319. The standard InChI is InChI=1S/C12H16FN2/c1-2-14-7-9-15(10-8-14)12-6-4-3-5-11(12)13/h3-6H,1-2,7-10H2. The molecule has 1 aliphatic heterocycles. The summed E-state index contributed by atoms with van der Waals surface area (Å²) in [5.41, 5.74) is 0.723. The van der Waals surface area contributed by atoms with Crippen molar-refractivity contribution in [1.82, 2.24) is 4.90 Å². The van der Waals surface area contributed by atoms with E-state index in [0.29, 0.717) is 0 Å². The van der Waals surface area contributed by atoms with E-state index < -0.39 is 0 Å². The van der Waals surface area contributed by atoms with E-state index >= 15 is 0 Å². The Labute approximate surface area is 90.3 Å². The van der Waals surface area contributed by atoms with Crippen molar-refractivity contribution in [2.24, 2.45) is 0 Å². The molecule has 2 nitrogen and oxygen atoms in total. The second-order valence-electron chi connectivity index (χ2n) is 3.78. The van der Waals surface area contributed by atoms with Gasteiger partial charge in [0.05, 0.1) is 5.69 Å². The van der Waals surface area contributed by atoms with Crippen molar-refractivity contribution in [2.45, 2.75) is 0 Å². The van der Waals surface area contributed by atoms with Crippen LogP contribution in [0.4, 0.5) is 10.1 Å². The van der Waals surface area contributed by atoms with Crippen LogP contribution in [0.2, 0.25) is 0 Å². The Balaban J connectivity index is 2.04. The van der Waals surface area contributed by atoms with Crippen LogP contribution in [0.5, 0.6) is 0 Å². The van der Waals surface area contributed by atoms with E-state index in [-0.39, 0.29) is 5.82 Å². The minimum Gasteiger partial charge on any atom is -0.367 e. The van der Waals surface area contributed by atoms with Crippen LogP contribution < -0.4 is 4.90 Å². The van der Waals surface area contributed by atoms with Gasteiger partial charge >= 0.3 is 0 Å². The molecule has 1 heterocycles. The van der Waals surface area contributed by atoms with Crippen LogP contribution in [-0.4, -0.2) is 37.6 Å². The van der Waals surface area contributed by atoms with Crippen molar-refractivity contribution in [3.8, 4) is 0 Å². The zero-order chi connectivity index (χ0) is 10.7. The van der Waals surface area contributed by atoms with Crippen LogP contribution in [0.3, 0.4) is 0 Å². The molecule has 3 heteroatoms. The highest BCUT2D eigenvalue weighted by molar-refractivity contribution is 5.47. The second kappa shape index (κ2) is 4.62. The van der Waals surface area contributed by atoms with Gasteiger partial charge in [0, 0.05) is 26.2 Å². The van der Waals surface area contributed by atoms with E-state index in [1.54, 1.807) is 6.07 Å². The van der Waals surface area contributed by atoms with Crippen molar-refractivity contribution in [3.05, 3.63) is 37.0 Å². The van der Waals surface area contributed by atoms with Crippen molar-refractivity contribution in [3.63, 3.8) is 0 Å². The van der Waals surface area contributed by atoms with Crippen LogP contribution in [0, 0.1) is 12.7 Å². The molecule has 2 rings (SSSR count). The normalized spacial score (nSPS) is 18.1. The first-order valence-electron chi connectivity index (χ1n) is 5.32. The molecule has 0 unspecified atom stereocenters. The average molecular weight is 207 g/mol. The number of hydrogen-bond donors (Lipinski definition) is 0. The fraction of sp³-hybridized carbons (Fsp3) is 0.417. The molecule has 1 saturated heterocycles. The van der Waals surface area contributed by atoms with E-state index in [0.717, 1.165) is 38.4 Å². The van der Waals surface area contributed by atoms with E-state index in [2.05, 4.69) is 16.7 Å². The fourth-order valence-corrected chi connectivity index (χ4v) is 1.92. The van der Waals surface area contributed by atoms with Crippen molar-refractivity contribution < 1.29 is 4.39 Å². The number of piperazine rings is 1. The maximum absolute atomic E-state index is 13.5. The maximum Gasteiger partial charge on any atom is 0.146 e. The predicted molar refractivity (Wildman–Crippen MR) is 60.4 cm³/mol. The highest BCUT2D eigenvalue weighted by Gasteiger charge is 2.17. The summed E-state index contributed by atoms with van der Waals surface area (Å²) in [6, 6.07) is 6.97. The molecule has 1 aromatic rings. The summed E-state index contributed by atoms with van der Waals surface area (Å²) in [6.07, 6.45) is 0. The number of para-hydroxylation sites is 1. The molecular weight excluding hydrogens is 191 g/mol. The number of anilines is 1. The van der Waals surface area contributed by atoms with Gasteiger partial charge in [-0.05, 0) is 25.6 Å². The van der Waals surface area contributed by atoms with Gasteiger partial charge in [-0.3, -0.25) is 4.90 Å². The van der Waals surface area contributed by atoms with Crippen LogP contribution >= 0.6 is 0 Å². The molecular formula is C12H16FN2. The predicted octanol–water partition coefficient (Wildman–Crippen LogP) is 1.78. The van der Waals surface area contributed by atoms with Crippen LogP contribution in [0.15, 0.2) is 24.3 Å². The zero-order valence-corrected chi connectivity index (χ0v) is 8.82. The minimum absolute atomic E-state index is 0.124. The zero-order valence-electron chi connectivity index (χ0n) is 8.82. The highest BCUT2D eigenvalue weighted by Crippen LogP contribution is 2.19. The summed E-state index contributed by atoms with van der Waals surface area (Å²) in [5.74, 6) is -0.124. The highest BCUT2D eigenvalue weighted by atomic mass is 19.1. The molecule has 0 aliphatic carbocycles. The van der Waals surface area contributed by atoms with Crippen LogP contribution in [0.1, 0.15) is 0 Å². The summed E-state index contributed by atoms with van der Waals surface area (Å²) in [4.78, 5) is 4.37. The largest absolute Gasteiger partial charge is 0.367 e. The van der Waals surface area contributed by atoms with Gasteiger partial charge in [-0.2, -0.15) is 0 Å². The van der Waals surface area contributed by atoms with Crippen molar-refractivity contribution >= 4 is 5.69 Å². The average Bonchev–Trinajstić information content (AvgIpc) is 2.30. The molecule has 1 aromatic carbocycles. The Morgan fingerprint density at radius 3 is 2.40 bits per heavy atom. The molecule has 1 radical (unpaired) electrons. The summed E-state index contributed by atoms with van der Waals surface area (Å²) in [7, 11) is 0. The Hall–Kier alpha value is -1.09. The molecule has 81 valence electrons. The van der Waals surface area contributed by atoms with Crippen molar-refractivity contribution in [1.29, 1.82) is 0 Å². The molecule has 15 heavy (non-hydrogen) atoms. The maximum atomic E-state index is 13.5. The smallest absolute Gasteiger partial charge is 0.146 e. The quantitative estimate of drug-likeness (QED) is 0.729. The summed E-state index contributed by atoms with van der Waals surface area (Å²) >= 11 is 0. The third-order valence-electron chi connectivity index (χ3n) is 2.88. The van der Waals surface area contributed by atoms with Gasteiger partial charge in [0.25, 0.3) is 0 Å². The minimum atomic E-state index is -0.124. The summed E-state index contributed by atoms with van der Waals surface area (Å²) in [5, 5.41) is 0. The second-order valence-corrected chi connectivity index (χ2v) is 3.78. The lowest BCUT2D eigenvalue weighted by Crippen LogP contribution is -2.46. The first-order chi connectivity index (χ1) is 7.31. The lowest BCUT2D eigenvalue weighted by molar-refractivity contribution is 0.282. The van der Waals surface area contributed by atoms with Gasteiger partial charge in [0.2, 0.25) is 0 Å². The SMILES string of the molecule is [CH2]CN1CCN(c2ccccc2F)CC1. The molecule has 0 spiro atoms. The third kappa shape index (κ3) is 2.29. The van der Waals surface area contributed by atoms with Gasteiger partial charge in [-0.1, -0.05) is 12.1 Å². The number of halogens is 1. The van der Waals surface area contributed by atoms with Crippen LogP contribution in [0.25, 0.3) is 0 Å². The lowest BCUT2D eigenvalue weighted by atomic mass is 10.2. The van der Waals surface area contributed by atoms with E-state index in [9.17, 15) is 4.39 Å². The Morgan fingerprint density at radius 1 is 1.13 bits per heavy atom. The molecule has 0 saturated carbocycles. The van der Waals surface area contributed by atoms with Crippen LogP contribution in [-0.2, 0) is 0 Å². The van der Waals surface area contributed by atoms with E-state index in [1.165, 1.54) is 6.07 Å². The van der Waals surface area contributed by atoms with E-state index in [4.69, 9.17) is 0 Å². The Kier molecular flexibility index (Phi) is 3.21. The topological polar surface area (TPSA) is 6.48 Å². The number of benzene rings is 1. The molecule has 1 aliphatic rings. The summed E-state index contributed by atoms with van der Waals surface area (Å²) < 4.78 is 13.5. The number of nitrogens with zero attached hydrogens (tertiary/aromatic N) is 2. The molecule has 0 bridgehead atoms. The molecule has 0 atom stereocenters.